The molecule has 0 atom stereocenters. The molecule has 5 rings (SSSR count). The maximum Gasteiger partial charge on any atom is 0.229 e. The summed E-state index contributed by atoms with van der Waals surface area (Å²) in [5.74, 6) is -0.679. The van der Waals surface area contributed by atoms with Crippen molar-refractivity contribution in [2.24, 2.45) is 4.99 Å². The van der Waals surface area contributed by atoms with Crippen molar-refractivity contribution in [3.8, 4) is 28.3 Å². The molecule has 1 aromatic heterocycles. The van der Waals surface area contributed by atoms with Crippen molar-refractivity contribution >= 4 is 23.0 Å². The molecule has 0 amide bonds. The minimum atomic E-state index is -0.691. The smallest absolute Gasteiger partial charge is 0.229 e. The van der Waals surface area contributed by atoms with Crippen LogP contribution in [-0.4, -0.2) is 16.3 Å². The lowest BCUT2D eigenvalue weighted by atomic mass is 9.84. The fourth-order valence-corrected chi connectivity index (χ4v) is 4.49. The summed E-state index contributed by atoms with van der Waals surface area (Å²) in [4.78, 5) is 9.49. The number of rotatable bonds is 4. The normalized spacial score (nSPS) is 12.5. The Balaban J connectivity index is 1.64. The molecular weight excluding hydrogens is 487 g/mol. The Kier molecular flexibility index (Phi) is 6.63. The quantitative estimate of drug-likeness (QED) is 0.240. The second-order valence-electron chi connectivity index (χ2n) is 11.9. The maximum atomic E-state index is 13.8. The average Bonchev–Trinajstić information content (AvgIpc) is 3.32. The molecule has 0 fully saturated rings. The molecule has 4 nitrogen and oxygen atoms in total. The van der Waals surface area contributed by atoms with Gasteiger partial charge in [0.2, 0.25) is 5.89 Å². The number of aliphatic imine (C=N–C) groups is 1. The predicted molar refractivity (Wildman–Crippen MR) is 158 cm³/mol. The molecule has 0 bridgehead atoms. The number of benzene rings is 4. The summed E-state index contributed by atoms with van der Waals surface area (Å²) in [5.41, 5.74) is 7.56. The van der Waals surface area contributed by atoms with E-state index in [4.69, 9.17) is 9.40 Å². The summed E-state index contributed by atoms with van der Waals surface area (Å²) in [6.45, 7) is 13.2. The van der Waals surface area contributed by atoms with Gasteiger partial charge in [-0.3, -0.25) is 4.99 Å². The zero-order chi connectivity index (χ0) is 27.9. The van der Waals surface area contributed by atoms with E-state index in [-0.39, 0.29) is 16.4 Å². The molecule has 0 unspecified atom stereocenters. The summed E-state index contributed by atoms with van der Waals surface area (Å²) in [6, 6.07) is 24.8. The number of fused-ring (bicyclic) bond motifs is 1. The standard InChI is InChI=1S/C34H33FN2O2/c1-33(2,3)23-16-14-21(15-17-23)26-18-24(34(4,5)6)19-29-30(26)37-32(39-29)25-11-7-8-13-28(25)36-20-22-10-9-12-27(35)31(22)38/h7-20,38H,1-6H3. The van der Waals surface area contributed by atoms with Gasteiger partial charge >= 0.3 is 0 Å². The number of halogens is 1. The van der Waals surface area contributed by atoms with Crippen molar-refractivity contribution < 1.29 is 13.9 Å². The van der Waals surface area contributed by atoms with E-state index in [1.165, 1.54) is 23.9 Å². The van der Waals surface area contributed by atoms with E-state index in [1.54, 1.807) is 6.07 Å². The number of aromatic nitrogens is 1. The van der Waals surface area contributed by atoms with Crippen LogP contribution in [-0.2, 0) is 10.8 Å². The van der Waals surface area contributed by atoms with Crippen LogP contribution in [0.3, 0.4) is 0 Å². The van der Waals surface area contributed by atoms with Crippen LogP contribution in [0.25, 0.3) is 33.7 Å². The number of nitrogens with zero attached hydrogens (tertiary/aromatic N) is 2. The van der Waals surface area contributed by atoms with Gasteiger partial charge in [0.05, 0.1) is 11.3 Å². The predicted octanol–water partition coefficient (Wildman–Crippen LogP) is 9.35. The van der Waals surface area contributed by atoms with Gasteiger partial charge in [0, 0.05) is 17.3 Å². The monoisotopic (exact) mass is 520 g/mol. The van der Waals surface area contributed by atoms with Crippen molar-refractivity contribution in [2.45, 2.75) is 52.4 Å². The molecule has 1 N–H and O–H groups in total. The Hall–Kier alpha value is -4.25. The Morgan fingerprint density at radius 2 is 1.49 bits per heavy atom. The van der Waals surface area contributed by atoms with Gasteiger partial charge in [-0.1, -0.05) is 84.0 Å². The van der Waals surface area contributed by atoms with Crippen molar-refractivity contribution in [1.29, 1.82) is 0 Å². The van der Waals surface area contributed by atoms with Crippen molar-refractivity contribution in [1.82, 2.24) is 4.98 Å². The number of phenolic OH excluding ortho intramolecular Hbond substituents is 1. The van der Waals surface area contributed by atoms with Gasteiger partial charge in [0.15, 0.2) is 17.1 Å². The van der Waals surface area contributed by atoms with Crippen LogP contribution in [0.1, 0.15) is 58.2 Å². The molecule has 0 aliphatic carbocycles. The lowest BCUT2D eigenvalue weighted by Gasteiger charge is -2.21. The van der Waals surface area contributed by atoms with Crippen LogP contribution in [0, 0.1) is 5.82 Å². The fourth-order valence-electron chi connectivity index (χ4n) is 4.49. The van der Waals surface area contributed by atoms with E-state index in [0.717, 1.165) is 22.2 Å². The van der Waals surface area contributed by atoms with Crippen LogP contribution < -0.4 is 0 Å². The van der Waals surface area contributed by atoms with Gasteiger partial charge in [0.1, 0.15) is 5.52 Å². The molecule has 198 valence electrons. The lowest BCUT2D eigenvalue weighted by molar-refractivity contribution is 0.431. The minimum Gasteiger partial charge on any atom is -0.504 e. The minimum absolute atomic E-state index is 0.0642. The van der Waals surface area contributed by atoms with E-state index < -0.39 is 11.6 Å². The molecule has 0 spiro atoms. The number of hydrogen-bond acceptors (Lipinski definition) is 4. The van der Waals surface area contributed by atoms with Crippen LogP contribution in [0.5, 0.6) is 5.75 Å². The van der Waals surface area contributed by atoms with E-state index in [9.17, 15) is 9.50 Å². The Bertz CT molecular complexity index is 1680. The van der Waals surface area contributed by atoms with Gasteiger partial charge in [-0.2, -0.15) is 0 Å². The Morgan fingerprint density at radius 1 is 0.795 bits per heavy atom. The maximum absolute atomic E-state index is 13.8. The molecule has 0 aliphatic heterocycles. The van der Waals surface area contributed by atoms with Crippen molar-refractivity contribution in [3.05, 3.63) is 101 Å². The van der Waals surface area contributed by atoms with Gasteiger partial charge in [-0.05, 0) is 63.9 Å². The summed E-state index contributed by atoms with van der Waals surface area (Å²) >= 11 is 0. The van der Waals surface area contributed by atoms with Crippen molar-refractivity contribution in [2.75, 3.05) is 0 Å². The Morgan fingerprint density at radius 3 is 2.18 bits per heavy atom. The first-order chi connectivity index (χ1) is 18.4. The zero-order valence-electron chi connectivity index (χ0n) is 23.2. The third-order valence-electron chi connectivity index (χ3n) is 6.92. The fraction of sp³-hybridized carbons (Fsp3) is 0.235. The largest absolute Gasteiger partial charge is 0.504 e. The van der Waals surface area contributed by atoms with Gasteiger partial charge < -0.3 is 9.52 Å². The van der Waals surface area contributed by atoms with Crippen LogP contribution in [0.4, 0.5) is 10.1 Å². The van der Waals surface area contributed by atoms with Gasteiger partial charge in [0.25, 0.3) is 0 Å². The molecule has 1 heterocycles. The summed E-state index contributed by atoms with van der Waals surface area (Å²) in [5, 5.41) is 10.1. The van der Waals surface area contributed by atoms with E-state index >= 15 is 0 Å². The van der Waals surface area contributed by atoms with Gasteiger partial charge in [-0.25, -0.2) is 9.37 Å². The van der Waals surface area contributed by atoms with Crippen LogP contribution >= 0.6 is 0 Å². The highest BCUT2D eigenvalue weighted by Gasteiger charge is 2.22. The topological polar surface area (TPSA) is 58.6 Å². The summed E-state index contributed by atoms with van der Waals surface area (Å²) < 4.78 is 20.2. The van der Waals surface area contributed by atoms with Crippen LogP contribution in [0.15, 0.2) is 88.3 Å². The third kappa shape index (κ3) is 5.35. The van der Waals surface area contributed by atoms with E-state index in [1.807, 2.05) is 24.3 Å². The molecule has 4 aromatic carbocycles. The van der Waals surface area contributed by atoms with E-state index in [2.05, 4.69) is 82.9 Å². The molecule has 0 saturated heterocycles. The molecule has 39 heavy (non-hydrogen) atoms. The number of oxazole rings is 1. The number of para-hydroxylation sites is 2. The van der Waals surface area contributed by atoms with E-state index in [0.29, 0.717) is 22.7 Å². The van der Waals surface area contributed by atoms with Crippen molar-refractivity contribution in [3.63, 3.8) is 0 Å². The molecule has 0 radical (unpaired) electrons. The number of hydrogen-bond donors (Lipinski definition) is 1. The van der Waals surface area contributed by atoms with Gasteiger partial charge in [-0.15, -0.1) is 0 Å². The summed E-state index contributed by atoms with van der Waals surface area (Å²) in [7, 11) is 0. The molecule has 0 aliphatic rings. The lowest BCUT2D eigenvalue weighted by Crippen LogP contribution is -2.11. The highest BCUT2D eigenvalue weighted by Crippen LogP contribution is 2.39. The molecule has 0 saturated carbocycles. The summed E-state index contributed by atoms with van der Waals surface area (Å²) in [6.07, 6.45) is 1.44. The Labute approximate surface area is 228 Å². The number of phenols is 1. The zero-order valence-corrected chi connectivity index (χ0v) is 23.2. The van der Waals surface area contributed by atoms with Crippen LogP contribution in [0.2, 0.25) is 0 Å². The average molecular weight is 521 g/mol. The second-order valence-corrected chi connectivity index (χ2v) is 11.9. The third-order valence-corrected chi connectivity index (χ3v) is 6.92. The first kappa shape index (κ1) is 26.4. The SMILES string of the molecule is CC(C)(C)c1ccc(-c2cc(C(C)(C)C)cc3oc(-c4ccccc4N=Cc4cccc(F)c4O)nc23)cc1. The molecule has 5 aromatic rings. The second kappa shape index (κ2) is 9.81. The molecular formula is C34H33FN2O2. The first-order valence-corrected chi connectivity index (χ1v) is 13.1. The molecule has 5 heteroatoms. The number of aromatic hydroxyl groups is 1. The highest BCUT2D eigenvalue weighted by atomic mass is 19.1. The highest BCUT2D eigenvalue weighted by molar-refractivity contribution is 5.94. The first-order valence-electron chi connectivity index (χ1n) is 13.1.